The molecule has 3 rings (SSSR count). The molecule has 158 valence electrons. The second-order valence-corrected chi connectivity index (χ2v) is 6.33. The van der Waals surface area contributed by atoms with Gasteiger partial charge in [-0.1, -0.05) is 18.2 Å². The largest absolute Gasteiger partial charge is 0.494 e. The lowest BCUT2D eigenvalue weighted by Gasteiger charge is -2.16. The first-order valence-electron chi connectivity index (χ1n) is 9.11. The van der Waals surface area contributed by atoms with E-state index in [-0.39, 0.29) is 17.2 Å². The first-order chi connectivity index (χ1) is 14.9. The Morgan fingerprint density at radius 1 is 0.774 bits per heavy atom. The highest BCUT2D eigenvalue weighted by atomic mass is 16.6. The van der Waals surface area contributed by atoms with E-state index in [0.717, 1.165) is 0 Å². The minimum absolute atomic E-state index is 0.116. The van der Waals surface area contributed by atoms with Crippen LogP contribution < -0.4 is 20.1 Å². The molecule has 3 aromatic carbocycles. The van der Waals surface area contributed by atoms with E-state index in [9.17, 15) is 19.7 Å². The van der Waals surface area contributed by atoms with Crippen molar-refractivity contribution in [2.45, 2.75) is 0 Å². The molecule has 0 bridgehead atoms. The molecule has 0 saturated heterocycles. The summed E-state index contributed by atoms with van der Waals surface area (Å²) in [6.07, 6.45) is 0. The molecule has 3 aromatic rings. The van der Waals surface area contributed by atoms with Crippen LogP contribution in [0.1, 0.15) is 20.7 Å². The Hall–Kier alpha value is -4.40. The lowest BCUT2D eigenvalue weighted by atomic mass is 10.1. The smallest absolute Gasteiger partial charge is 0.269 e. The lowest BCUT2D eigenvalue weighted by Crippen LogP contribution is -2.15. The molecule has 0 aliphatic heterocycles. The van der Waals surface area contributed by atoms with Crippen LogP contribution in [0.4, 0.5) is 17.1 Å². The zero-order valence-electron chi connectivity index (χ0n) is 16.7. The number of nitrogens with zero attached hydrogens (tertiary/aromatic N) is 1. The van der Waals surface area contributed by atoms with Crippen molar-refractivity contribution in [2.75, 3.05) is 24.9 Å². The summed E-state index contributed by atoms with van der Waals surface area (Å²) < 4.78 is 10.7. The lowest BCUT2D eigenvalue weighted by molar-refractivity contribution is -0.384. The summed E-state index contributed by atoms with van der Waals surface area (Å²) in [5, 5.41) is 16.2. The number of carbonyl (C=O) groups is 2. The van der Waals surface area contributed by atoms with Gasteiger partial charge in [-0.25, -0.2) is 0 Å². The van der Waals surface area contributed by atoms with E-state index in [4.69, 9.17) is 9.47 Å². The third-order valence-electron chi connectivity index (χ3n) is 4.39. The Morgan fingerprint density at radius 2 is 1.23 bits per heavy atom. The maximum atomic E-state index is 12.6. The summed E-state index contributed by atoms with van der Waals surface area (Å²) in [7, 11) is 2.86. The molecule has 0 aromatic heterocycles. The molecular weight excluding hydrogens is 402 g/mol. The van der Waals surface area contributed by atoms with Gasteiger partial charge >= 0.3 is 0 Å². The predicted molar refractivity (Wildman–Crippen MR) is 115 cm³/mol. The summed E-state index contributed by atoms with van der Waals surface area (Å²) in [4.78, 5) is 35.3. The van der Waals surface area contributed by atoms with E-state index in [1.54, 1.807) is 24.3 Å². The monoisotopic (exact) mass is 421 g/mol. The van der Waals surface area contributed by atoms with Crippen LogP contribution in [0.2, 0.25) is 0 Å². The van der Waals surface area contributed by atoms with Crippen molar-refractivity contribution in [3.8, 4) is 11.5 Å². The fourth-order valence-electron chi connectivity index (χ4n) is 2.81. The molecular formula is C22H19N3O6. The van der Waals surface area contributed by atoms with Gasteiger partial charge in [-0.3, -0.25) is 19.7 Å². The maximum absolute atomic E-state index is 12.6. The van der Waals surface area contributed by atoms with Gasteiger partial charge in [0.05, 0.1) is 30.5 Å². The third-order valence-corrected chi connectivity index (χ3v) is 4.39. The van der Waals surface area contributed by atoms with Crippen LogP contribution in [0.5, 0.6) is 11.5 Å². The SMILES string of the molecule is COc1cc(NC(=O)c2ccc([N+](=O)[O-])cc2)c(OC)cc1NC(=O)c1ccccc1. The van der Waals surface area contributed by atoms with Crippen molar-refractivity contribution in [3.05, 3.63) is 88.0 Å². The van der Waals surface area contributed by atoms with Gasteiger partial charge in [0, 0.05) is 35.4 Å². The predicted octanol–water partition coefficient (Wildman–Crippen LogP) is 4.12. The van der Waals surface area contributed by atoms with Crippen molar-refractivity contribution in [1.29, 1.82) is 0 Å². The van der Waals surface area contributed by atoms with Crippen LogP contribution in [0.3, 0.4) is 0 Å². The Labute approximate surface area is 177 Å². The standard InChI is InChI=1S/C22H19N3O6/c1-30-19-13-18(24-22(27)15-8-10-16(11-9-15)25(28)29)20(31-2)12-17(19)23-21(26)14-6-4-3-5-7-14/h3-13H,1-2H3,(H,23,26)(H,24,27). The van der Waals surface area contributed by atoms with Crippen molar-refractivity contribution >= 4 is 28.9 Å². The van der Waals surface area contributed by atoms with Crippen molar-refractivity contribution in [1.82, 2.24) is 0 Å². The zero-order chi connectivity index (χ0) is 22.4. The number of rotatable bonds is 7. The summed E-state index contributed by atoms with van der Waals surface area (Å²) in [6, 6.07) is 16.9. The molecule has 31 heavy (non-hydrogen) atoms. The number of anilines is 2. The molecule has 0 atom stereocenters. The number of benzene rings is 3. The van der Waals surface area contributed by atoms with Crippen LogP contribution in [-0.2, 0) is 0 Å². The number of non-ortho nitro benzene ring substituents is 1. The number of hydrogen-bond donors (Lipinski definition) is 2. The number of nitro groups is 1. The number of amides is 2. The highest BCUT2D eigenvalue weighted by Gasteiger charge is 2.17. The Bertz CT molecular complexity index is 1110. The fraction of sp³-hybridized carbons (Fsp3) is 0.0909. The quantitative estimate of drug-likeness (QED) is 0.437. The molecule has 0 saturated carbocycles. The highest BCUT2D eigenvalue weighted by Crippen LogP contribution is 2.37. The molecule has 9 heteroatoms. The van der Waals surface area contributed by atoms with Crippen molar-refractivity contribution in [2.24, 2.45) is 0 Å². The Balaban J connectivity index is 1.85. The van der Waals surface area contributed by atoms with Gasteiger partial charge in [-0.2, -0.15) is 0 Å². The van der Waals surface area contributed by atoms with E-state index in [1.165, 1.54) is 50.6 Å². The molecule has 0 aliphatic rings. The van der Waals surface area contributed by atoms with Crippen LogP contribution >= 0.6 is 0 Å². The van der Waals surface area contributed by atoms with Crippen molar-refractivity contribution < 1.29 is 24.0 Å². The normalized spacial score (nSPS) is 10.1. The minimum atomic E-state index is -0.544. The van der Waals surface area contributed by atoms with Gasteiger partial charge in [0.15, 0.2) is 0 Å². The molecule has 0 radical (unpaired) electrons. The first kappa shape index (κ1) is 21.3. The second-order valence-electron chi connectivity index (χ2n) is 6.33. The molecule has 2 N–H and O–H groups in total. The van der Waals surface area contributed by atoms with Gasteiger partial charge in [-0.15, -0.1) is 0 Å². The van der Waals surface area contributed by atoms with Gasteiger partial charge in [0.1, 0.15) is 11.5 Å². The molecule has 0 unspecified atom stereocenters. The molecule has 9 nitrogen and oxygen atoms in total. The summed E-state index contributed by atoms with van der Waals surface area (Å²) in [5.74, 6) is -0.219. The number of ether oxygens (including phenoxy) is 2. The van der Waals surface area contributed by atoms with Gasteiger partial charge in [-0.05, 0) is 24.3 Å². The third kappa shape index (κ3) is 4.96. The number of nitrogens with one attached hydrogen (secondary N) is 2. The Morgan fingerprint density at radius 3 is 1.65 bits per heavy atom. The summed E-state index contributed by atoms with van der Waals surface area (Å²) >= 11 is 0. The number of methoxy groups -OCH3 is 2. The van der Waals surface area contributed by atoms with Crippen LogP contribution in [0.15, 0.2) is 66.7 Å². The highest BCUT2D eigenvalue weighted by molar-refractivity contribution is 6.07. The van der Waals surface area contributed by atoms with E-state index < -0.39 is 10.8 Å². The molecule has 2 amide bonds. The molecule has 0 spiro atoms. The first-order valence-corrected chi connectivity index (χ1v) is 9.11. The van der Waals surface area contributed by atoms with Crippen molar-refractivity contribution in [3.63, 3.8) is 0 Å². The van der Waals surface area contributed by atoms with E-state index in [0.29, 0.717) is 28.4 Å². The fourth-order valence-corrected chi connectivity index (χ4v) is 2.81. The zero-order valence-corrected chi connectivity index (χ0v) is 16.7. The number of hydrogen-bond acceptors (Lipinski definition) is 6. The van der Waals surface area contributed by atoms with Gasteiger partial charge in [0.2, 0.25) is 0 Å². The molecule has 0 heterocycles. The second kappa shape index (κ2) is 9.40. The van der Waals surface area contributed by atoms with E-state index in [1.807, 2.05) is 6.07 Å². The summed E-state index contributed by atoms with van der Waals surface area (Å²) in [5.41, 5.74) is 1.25. The van der Waals surface area contributed by atoms with E-state index >= 15 is 0 Å². The molecule has 0 aliphatic carbocycles. The van der Waals surface area contributed by atoms with Gasteiger partial charge < -0.3 is 20.1 Å². The molecule has 0 fully saturated rings. The van der Waals surface area contributed by atoms with Crippen LogP contribution in [0.25, 0.3) is 0 Å². The summed E-state index contributed by atoms with van der Waals surface area (Å²) in [6.45, 7) is 0. The van der Waals surface area contributed by atoms with Crippen LogP contribution in [-0.4, -0.2) is 31.0 Å². The minimum Gasteiger partial charge on any atom is -0.494 e. The number of nitro benzene ring substituents is 1. The maximum Gasteiger partial charge on any atom is 0.269 e. The van der Waals surface area contributed by atoms with E-state index in [2.05, 4.69) is 10.6 Å². The average Bonchev–Trinajstić information content (AvgIpc) is 2.80. The number of carbonyl (C=O) groups excluding carboxylic acids is 2. The average molecular weight is 421 g/mol. The van der Waals surface area contributed by atoms with Crippen LogP contribution in [0, 0.1) is 10.1 Å². The Kier molecular flexibility index (Phi) is 6.46. The van der Waals surface area contributed by atoms with Gasteiger partial charge in [0.25, 0.3) is 17.5 Å². The topological polar surface area (TPSA) is 120 Å².